The Morgan fingerprint density at radius 2 is 1.73 bits per heavy atom. The van der Waals surface area contributed by atoms with Crippen molar-refractivity contribution in [2.75, 3.05) is 12.9 Å². The number of carbonyl (C=O) groups excluding carboxylic acids is 3. The summed E-state index contributed by atoms with van der Waals surface area (Å²) in [5, 5.41) is 3.24. The van der Waals surface area contributed by atoms with Gasteiger partial charge in [-0.2, -0.15) is 0 Å². The molecule has 0 bridgehead atoms. The zero-order chi connectivity index (χ0) is 25.8. The lowest BCUT2D eigenvalue weighted by atomic mass is 10.1. The van der Waals surface area contributed by atoms with Crippen LogP contribution in [0, 0.1) is 0 Å². The van der Waals surface area contributed by atoms with Crippen LogP contribution >= 0.6 is 11.8 Å². The van der Waals surface area contributed by atoms with Gasteiger partial charge in [0.2, 0.25) is 5.91 Å². The Morgan fingerprint density at radius 3 is 2.49 bits per heavy atom. The number of methoxy groups -OCH3 is 1. The summed E-state index contributed by atoms with van der Waals surface area (Å²) in [6.07, 6.45) is -0.0853. The van der Waals surface area contributed by atoms with Crippen molar-refractivity contribution >= 4 is 46.1 Å². The molecule has 0 saturated carbocycles. The first-order chi connectivity index (χ1) is 18.0. The van der Waals surface area contributed by atoms with Crippen LogP contribution in [0.25, 0.3) is 0 Å². The lowest BCUT2D eigenvalue weighted by Crippen LogP contribution is -2.42. The van der Waals surface area contributed by atoms with Gasteiger partial charge >= 0.3 is 0 Å². The van der Waals surface area contributed by atoms with Crippen molar-refractivity contribution in [3.05, 3.63) is 95.6 Å². The molecular weight excluding hydrogens is 488 g/mol. The third-order valence-electron chi connectivity index (χ3n) is 6.00. The molecule has 2 amide bonds. The molecule has 5 rings (SSSR count). The zero-order valence-electron chi connectivity index (χ0n) is 20.1. The number of nitrogens with zero attached hydrogens (tertiary/aromatic N) is 3. The predicted molar refractivity (Wildman–Crippen MR) is 143 cm³/mol. The van der Waals surface area contributed by atoms with E-state index in [0.29, 0.717) is 28.8 Å². The highest BCUT2D eigenvalue weighted by atomic mass is 32.2. The Bertz CT molecular complexity index is 1400. The number of hydrogen-bond acceptors (Lipinski definition) is 7. The number of carbonyl (C=O) groups is 3. The maximum Gasteiger partial charge on any atom is 0.259 e. The number of fused-ring (bicyclic) bond motifs is 3. The quantitative estimate of drug-likeness (QED) is 0.460. The number of rotatable bonds is 8. The minimum atomic E-state index is -0.868. The fraction of sp³-hybridized carbons (Fsp3) is 0.179. The van der Waals surface area contributed by atoms with Gasteiger partial charge < -0.3 is 10.1 Å². The van der Waals surface area contributed by atoms with Crippen molar-refractivity contribution in [1.29, 1.82) is 0 Å². The summed E-state index contributed by atoms with van der Waals surface area (Å²) in [5.41, 5.74) is 2.90. The van der Waals surface area contributed by atoms with Gasteiger partial charge in [-0.25, -0.2) is 9.89 Å². The van der Waals surface area contributed by atoms with Gasteiger partial charge in [-0.1, -0.05) is 66.4 Å². The van der Waals surface area contributed by atoms with E-state index in [4.69, 9.17) is 4.74 Å². The monoisotopic (exact) mass is 512 g/mol. The topological polar surface area (TPSA) is 100 Å². The van der Waals surface area contributed by atoms with Gasteiger partial charge in [0.1, 0.15) is 17.6 Å². The maximum absolute atomic E-state index is 13.4. The standard InChI is InChI=1S/C28H24N4O4S/c1-36-20-13-11-18(12-14-20)16-29-25(34)15-23-27(35)32-26(30-23)21-9-5-6-10-22(21)31-28(32)37-17-24(33)19-7-3-2-4-8-19/h2-14,23H,15-17H2,1H3,(H,29,34)/t23-/m0/s1. The Labute approximate surface area is 218 Å². The number of amides is 2. The fourth-order valence-electron chi connectivity index (χ4n) is 4.06. The van der Waals surface area contributed by atoms with Crippen LogP contribution in [0.5, 0.6) is 5.75 Å². The van der Waals surface area contributed by atoms with Gasteiger partial charge in [-0.3, -0.25) is 19.4 Å². The highest BCUT2D eigenvalue weighted by Gasteiger charge is 2.42. The molecule has 0 spiro atoms. The number of para-hydroxylation sites is 1. The summed E-state index contributed by atoms with van der Waals surface area (Å²) in [6.45, 7) is 0.330. The van der Waals surface area contributed by atoms with Crippen LogP contribution in [-0.2, 0) is 16.1 Å². The Kier molecular flexibility index (Phi) is 7.14. The number of Topliss-reactive ketones (excluding diaryl/α,β-unsaturated/α-hetero) is 1. The lowest BCUT2D eigenvalue weighted by Gasteiger charge is -2.25. The smallest absolute Gasteiger partial charge is 0.259 e. The Morgan fingerprint density at radius 1 is 1.00 bits per heavy atom. The molecule has 2 aliphatic rings. The van der Waals surface area contributed by atoms with Crippen molar-refractivity contribution in [3.8, 4) is 5.75 Å². The number of aliphatic imine (C=N–C) groups is 2. The van der Waals surface area contributed by atoms with Crippen LogP contribution < -0.4 is 10.1 Å². The molecule has 2 aliphatic heterocycles. The summed E-state index contributed by atoms with van der Waals surface area (Å²) < 4.78 is 5.15. The number of nitrogens with one attached hydrogen (secondary N) is 1. The first-order valence-electron chi connectivity index (χ1n) is 11.7. The summed E-state index contributed by atoms with van der Waals surface area (Å²) in [6, 6.07) is 22.9. The first-order valence-corrected chi connectivity index (χ1v) is 12.7. The predicted octanol–water partition coefficient (Wildman–Crippen LogP) is 3.98. The normalized spacial score (nSPS) is 15.9. The third-order valence-corrected chi connectivity index (χ3v) is 6.94. The molecule has 3 aromatic rings. The van der Waals surface area contributed by atoms with E-state index >= 15 is 0 Å². The van der Waals surface area contributed by atoms with Crippen molar-refractivity contribution < 1.29 is 19.1 Å². The highest BCUT2D eigenvalue weighted by molar-refractivity contribution is 8.14. The number of ether oxygens (including phenoxy) is 1. The third kappa shape index (κ3) is 5.31. The molecule has 0 aromatic heterocycles. The van der Waals surface area contributed by atoms with E-state index in [1.54, 1.807) is 19.2 Å². The highest BCUT2D eigenvalue weighted by Crippen LogP contribution is 2.34. The van der Waals surface area contributed by atoms with Crippen molar-refractivity contribution in [1.82, 2.24) is 10.2 Å². The van der Waals surface area contributed by atoms with Gasteiger partial charge in [0.05, 0.1) is 25.0 Å². The molecule has 3 aromatic carbocycles. The summed E-state index contributed by atoms with van der Waals surface area (Å²) in [4.78, 5) is 49.5. The second-order valence-electron chi connectivity index (χ2n) is 8.46. The van der Waals surface area contributed by atoms with E-state index in [2.05, 4.69) is 15.3 Å². The maximum atomic E-state index is 13.4. The van der Waals surface area contributed by atoms with Gasteiger partial charge in [0.25, 0.3) is 5.91 Å². The molecule has 0 unspecified atom stereocenters. The van der Waals surface area contributed by atoms with Crippen molar-refractivity contribution in [2.24, 2.45) is 9.98 Å². The molecule has 1 atom stereocenters. The molecule has 1 N–H and O–H groups in total. The zero-order valence-corrected chi connectivity index (χ0v) is 20.9. The van der Waals surface area contributed by atoms with Crippen LogP contribution in [0.4, 0.5) is 5.69 Å². The summed E-state index contributed by atoms with van der Waals surface area (Å²) in [7, 11) is 1.60. The van der Waals surface area contributed by atoms with E-state index in [-0.39, 0.29) is 29.8 Å². The van der Waals surface area contributed by atoms with E-state index < -0.39 is 6.04 Å². The molecule has 0 radical (unpaired) electrons. The number of hydrogen-bond donors (Lipinski definition) is 1. The number of thioether (sulfide) groups is 1. The van der Waals surface area contributed by atoms with Gasteiger partial charge in [0, 0.05) is 17.7 Å². The SMILES string of the molecule is COc1ccc(CNC(=O)C[C@@H]2N=C3c4ccccc4N=C(SCC(=O)c4ccccc4)N3C2=O)cc1. The van der Waals surface area contributed by atoms with E-state index in [1.807, 2.05) is 66.7 Å². The minimum absolute atomic E-state index is 0.0632. The molecule has 186 valence electrons. The summed E-state index contributed by atoms with van der Waals surface area (Å²) in [5.74, 6) is 0.638. The fourth-order valence-corrected chi connectivity index (χ4v) is 4.96. The molecule has 0 fully saturated rings. The minimum Gasteiger partial charge on any atom is -0.497 e. The van der Waals surface area contributed by atoms with Crippen LogP contribution in [0.1, 0.15) is 27.9 Å². The van der Waals surface area contributed by atoms with Gasteiger partial charge in [-0.05, 0) is 29.8 Å². The number of ketones is 1. The van der Waals surface area contributed by atoms with Crippen LogP contribution in [-0.4, -0.2) is 52.4 Å². The van der Waals surface area contributed by atoms with Crippen LogP contribution in [0.2, 0.25) is 0 Å². The average molecular weight is 513 g/mol. The van der Waals surface area contributed by atoms with Crippen molar-refractivity contribution in [2.45, 2.75) is 19.0 Å². The Balaban J connectivity index is 1.29. The Hall–Kier alpha value is -4.24. The van der Waals surface area contributed by atoms with Crippen LogP contribution in [0.3, 0.4) is 0 Å². The molecule has 9 heteroatoms. The first kappa shape index (κ1) is 24.5. The second kappa shape index (κ2) is 10.8. The molecule has 2 heterocycles. The van der Waals surface area contributed by atoms with Gasteiger partial charge in [-0.15, -0.1) is 0 Å². The largest absolute Gasteiger partial charge is 0.497 e. The summed E-state index contributed by atoms with van der Waals surface area (Å²) >= 11 is 1.19. The van der Waals surface area contributed by atoms with Gasteiger partial charge in [0.15, 0.2) is 11.0 Å². The second-order valence-corrected chi connectivity index (χ2v) is 9.40. The molecule has 8 nitrogen and oxygen atoms in total. The molecule has 37 heavy (non-hydrogen) atoms. The van der Waals surface area contributed by atoms with E-state index in [9.17, 15) is 14.4 Å². The number of benzene rings is 3. The number of amidine groups is 2. The lowest BCUT2D eigenvalue weighted by molar-refractivity contribution is -0.128. The van der Waals surface area contributed by atoms with E-state index in [1.165, 1.54) is 16.7 Å². The van der Waals surface area contributed by atoms with E-state index in [0.717, 1.165) is 16.9 Å². The van der Waals surface area contributed by atoms with Crippen LogP contribution in [0.15, 0.2) is 88.8 Å². The molecule has 0 aliphatic carbocycles. The average Bonchev–Trinajstić information content (AvgIpc) is 3.27. The molecular formula is C28H24N4O4S. The van der Waals surface area contributed by atoms with Crippen molar-refractivity contribution in [3.63, 3.8) is 0 Å². The molecule has 0 saturated heterocycles.